The van der Waals surface area contributed by atoms with E-state index in [1.54, 1.807) is 0 Å². The molecule has 96 valence electrons. The van der Waals surface area contributed by atoms with Crippen molar-refractivity contribution >= 4 is 5.91 Å². The first-order chi connectivity index (χ1) is 7.36. The second-order valence-corrected chi connectivity index (χ2v) is 5.42. The number of likely N-dealkylation sites (N-methyl/N-ethyl adjacent to an activating group) is 1. The van der Waals surface area contributed by atoms with E-state index in [4.69, 9.17) is 0 Å². The molecule has 0 saturated heterocycles. The van der Waals surface area contributed by atoms with Gasteiger partial charge in [0.1, 0.15) is 0 Å². The van der Waals surface area contributed by atoms with Crippen molar-refractivity contribution in [2.24, 2.45) is 11.8 Å². The van der Waals surface area contributed by atoms with Crippen LogP contribution in [0.4, 0.5) is 0 Å². The standard InChI is InChI=1S/C13H28N2O/c1-7-14(6)10-13(16)15(8-11(2)3)9-12(4)5/h11-12H,7-10H2,1-6H3. The van der Waals surface area contributed by atoms with Gasteiger partial charge in [0.15, 0.2) is 0 Å². The van der Waals surface area contributed by atoms with Crippen LogP contribution in [0.3, 0.4) is 0 Å². The van der Waals surface area contributed by atoms with Gasteiger partial charge in [-0.1, -0.05) is 34.6 Å². The molecule has 0 aromatic carbocycles. The van der Waals surface area contributed by atoms with Crippen LogP contribution in [0.2, 0.25) is 0 Å². The molecule has 0 fully saturated rings. The summed E-state index contributed by atoms with van der Waals surface area (Å²) < 4.78 is 0. The molecule has 0 aliphatic rings. The lowest BCUT2D eigenvalue weighted by Crippen LogP contribution is -2.42. The fourth-order valence-electron chi connectivity index (χ4n) is 1.60. The van der Waals surface area contributed by atoms with Crippen molar-refractivity contribution in [1.29, 1.82) is 0 Å². The van der Waals surface area contributed by atoms with E-state index in [2.05, 4.69) is 39.5 Å². The van der Waals surface area contributed by atoms with Gasteiger partial charge in [-0.25, -0.2) is 0 Å². The molecule has 0 rings (SSSR count). The summed E-state index contributed by atoms with van der Waals surface area (Å²) in [5.41, 5.74) is 0. The first-order valence-corrected chi connectivity index (χ1v) is 6.33. The minimum absolute atomic E-state index is 0.256. The van der Waals surface area contributed by atoms with Gasteiger partial charge in [0.05, 0.1) is 6.54 Å². The summed E-state index contributed by atoms with van der Waals surface area (Å²) >= 11 is 0. The Morgan fingerprint density at radius 1 is 1.06 bits per heavy atom. The molecule has 0 saturated carbocycles. The number of carbonyl (C=O) groups excluding carboxylic acids is 1. The Morgan fingerprint density at radius 3 is 1.81 bits per heavy atom. The molecule has 0 spiro atoms. The fraction of sp³-hybridized carbons (Fsp3) is 0.923. The van der Waals surface area contributed by atoms with Gasteiger partial charge in [0.2, 0.25) is 5.91 Å². The quantitative estimate of drug-likeness (QED) is 0.666. The fourth-order valence-corrected chi connectivity index (χ4v) is 1.60. The number of carbonyl (C=O) groups is 1. The molecular formula is C13H28N2O. The number of amides is 1. The summed E-state index contributed by atoms with van der Waals surface area (Å²) in [6.45, 7) is 13.9. The Morgan fingerprint density at radius 2 is 1.50 bits per heavy atom. The maximum absolute atomic E-state index is 12.1. The van der Waals surface area contributed by atoms with Crippen molar-refractivity contribution < 1.29 is 4.79 Å². The highest BCUT2D eigenvalue weighted by Gasteiger charge is 2.16. The number of hydrogen-bond acceptors (Lipinski definition) is 2. The van der Waals surface area contributed by atoms with Crippen LogP contribution in [0.5, 0.6) is 0 Å². The summed E-state index contributed by atoms with van der Waals surface area (Å²) in [7, 11) is 1.99. The molecule has 0 atom stereocenters. The Labute approximate surface area is 101 Å². The topological polar surface area (TPSA) is 23.6 Å². The first kappa shape index (κ1) is 15.4. The second-order valence-electron chi connectivity index (χ2n) is 5.42. The smallest absolute Gasteiger partial charge is 0.236 e. The average molecular weight is 228 g/mol. The summed E-state index contributed by atoms with van der Waals surface area (Å²) in [4.78, 5) is 16.1. The Bertz CT molecular complexity index is 192. The Kier molecular flexibility index (Phi) is 7.39. The molecule has 0 aromatic heterocycles. The highest BCUT2D eigenvalue weighted by atomic mass is 16.2. The molecule has 3 heteroatoms. The molecule has 0 unspecified atom stereocenters. The van der Waals surface area contributed by atoms with Crippen molar-refractivity contribution in [3.05, 3.63) is 0 Å². The lowest BCUT2D eigenvalue weighted by atomic mass is 10.1. The molecule has 0 aliphatic heterocycles. The highest BCUT2D eigenvalue weighted by molar-refractivity contribution is 5.78. The third-order valence-electron chi connectivity index (χ3n) is 2.47. The normalized spacial score (nSPS) is 11.6. The average Bonchev–Trinajstić information content (AvgIpc) is 2.15. The maximum atomic E-state index is 12.1. The van der Waals surface area contributed by atoms with Crippen LogP contribution < -0.4 is 0 Å². The molecule has 16 heavy (non-hydrogen) atoms. The molecule has 0 radical (unpaired) electrons. The predicted molar refractivity (Wildman–Crippen MR) is 69.4 cm³/mol. The Hall–Kier alpha value is -0.570. The monoisotopic (exact) mass is 228 g/mol. The maximum Gasteiger partial charge on any atom is 0.236 e. The van der Waals surface area contributed by atoms with Crippen LogP contribution in [-0.2, 0) is 4.79 Å². The van der Waals surface area contributed by atoms with Gasteiger partial charge in [0.25, 0.3) is 0 Å². The highest BCUT2D eigenvalue weighted by Crippen LogP contribution is 2.04. The van der Waals surface area contributed by atoms with E-state index in [1.807, 2.05) is 11.9 Å². The van der Waals surface area contributed by atoms with Crippen LogP contribution in [0.15, 0.2) is 0 Å². The second kappa shape index (κ2) is 7.66. The van der Waals surface area contributed by atoms with Crippen LogP contribution in [0, 0.1) is 11.8 Å². The zero-order valence-electron chi connectivity index (χ0n) is 11.8. The third-order valence-corrected chi connectivity index (χ3v) is 2.47. The molecule has 0 aliphatic carbocycles. The van der Waals surface area contributed by atoms with Crippen LogP contribution in [0.1, 0.15) is 34.6 Å². The van der Waals surface area contributed by atoms with Crippen molar-refractivity contribution in [2.45, 2.75) is 34.6 Å². The number of nitrogens with zero attached hydrogens (tertiary/aromatic N) is 2. The SMILES string of the molecule is CCN(C)CC(=O)N(CC(C)C)CC(C)C. The van der Waals surface area contributed by atoms with Crippen molar-refractivity contribution in [2.75, 3.05) is 33.2 Å². The largest absolute Gasteiger partial charge is 0.341 e. The Balaban J connectivity index is 4.31. The van der Waals surface area contributed by atoms with Crippen molar-refractivity contribution in [3.8, 4) is 0 Å². The predicted octanol–water partition coefficient (Wildman–Crippen LogP) is 2.08. The molecule has 0 aromatic rings. The van der Waals surface area contributed by atoms with Gasteiger partial charge >= 0.3 is 0 Å². The van der Waals surface area contributed by atoms with Gasteiger partial charge in [-0.2, -0.15) is 0 Å². The lowest BCUT2D eigenvalue weighted by molar-refractivity contribution is -0.133. The van der Waals surface area contributed by atoms with Gasteiger partial charge in [-0.05, 0) is 25.4 Å². The van der Waals surface area contributed by atoms with Crippen molar-refractivity contribution in [3.63, 3.8) is 0 Å². The van der Waals surface area contributed by atoms with E-state index in [0.717, 1.165) is 19.6 Å². The van der Waals surface area contributed by atoms with Gasteiger partial charge in [0, 0.05) is 13.1 Å². The summed E-state index contributed by atoms with van der Waals surface area (Å²) in [5.74, 6) is 1.33. The van der Waals surface area contributed by atoms with Gasteiger partial charge in [-0.3, -0.25) is 9.69 Å². The molecule has 3 nitrogen and oxygen atoms in total. The minimum Gasteiger partial charge on any atom is -0.341 e. The van der Waals surface area contributed by atoms with Crippen molar-refractivity contribution in [1.82, 2.24) is 9.80 Å². The summed E-state index contributed by atoms with van der Waals surface area (Å²) in [6.07, 6.45) is 0. The molecular weight excluding hydrogens is 200 g/mol. The van der Waals surface area contributed by atoms with E-state index >= 15 is 0 Å². The van der Waals surface area contributed by atoms with Gasteiger partial charge < -0.3 is 4.90 Å². The number of rotatable bonds is 7. The summed E-state index contributed by atoms with van der Waals surface area (Å²) in [6, 6.07) is 0. The molecule has 0 heterocycles. The number of hydrogen-bond donors (Lipinski definition) is 0. The van der Waals surface area contributed by atoms with E-state index in [1.165, 1.54) is 0 Å². The molecule has 1 amide bonds. The zero-order valence-corrected chi connectivity index (χ0v) is 11.8. The van der Waals surface area contributed by atoms with E-state index < -0.39 is 0 Å². The van der Waals surface area contributed by atoms with E-state index in [-0.39, 0.29) is 5.91 Å². The third kappa shape index (κ3) is 6.83. The van der Waals surface area contributed by atoms with Crippen LogP contribution in [-0.4, -0.2) is 48.9 Å². The lowest BCUT2D eigenvalue weighted by Gasteiger charge is -2.28. The van der Waals surface area contributed by atoms with Gasteiger partial charge in [-0.15, -0.1) is 0 Å². The van der Waals surface area contributed by atoms with E-state index in [9.17, 15) is 4.79 Å². The summed E-state index contributed by atoms with van der Waals surface area (Å²) in [5, 5.41) is 0. The zero-order chi connectivity index (χ0) is 12.7. The van der Waals surface area contributed by atoms with E-state index in [0.29, 0.717) is 18.4 Å². The molecule has 0 bridgehead atoms. The molecule has 0 N–H and O–H groups in total. The first-order valence-electron chi connectivity index (χ1n) is 6.33. The minimum atomic E-state index is 0.256. The van der Waals surface area contributed by atoms with Crippen LogP contribution in [0.25, 0.3) is 0 Å². The van der Waals surface area contributed by atoms with Crippen LogP contribution >= 0.6 is 0 Å².